The number of hydrogen-bond donors (Lipinski definition) is 2. The molecule has 0 radical (unpaired) electrons. The third-order valence-electron chi connectivity index (χ3n) is 4.82. The van der Waals surface area contributed by atoms with Crippen molar-refractivity contribution in [3.8, 4) is 28.4 Å². The lowest BCUT2D eigenvalue weighted by atomic mass is 10.1. The molecule has 0 aliphatic heterocycles. The smallest absolute Gasteiger partial charge is 0.160 e. The summed E-state index contributed by atoms with van der Waals surface area (Å²) < 4.78 is 16.3. The molecule has 0 bridgehead atoms. The molecule has 0 aromatic heterocycles. The summed E-state index contributed by atoms with van der Waals surface area (Å²) in [6.45, 7) is 1.46. The number of rotatable bonds is 11. The third-order valence-corrected chi connectivity index (χ3v) is 4.82. The summed E-state index contributed by atoms with van der Waals surface area (Å²) in [5.41, 5.74) is 3.45. The van der Waals surface area contributed by atoms with E-state index in [1.165, 1.54) is 5.56 Å². The largest absolute Gasteiger partial charge is 0.493 e. The second kappa shape index (κ2) is 11.2. The molecule has 0 amide bonds. The average Bonchev–Trinajstić information content (AvgIpc) is 2.81. The monoisotopic (exact) mass is 407 g/mol. The van der Waals surface area contributed by atoms with Gasteiger partial charge < -0.3 is 24.6 Å². The van der Waals surface area contributed by atoms with Crippen molar-refractivity contribution in [2.75, 3.05) is 33.9 Å². The summed E-state index contributed by atoms with van der Waals surface area (Å²) in [5, 5.41) is 13.4. The molecule has 3 aromatic carbocycles. The van der Waals surface area contributed by atoms with Gasteiger partial charge in [-0.05, 0) is 53.9 Å². The van der Waals surface area contributed by atoms with Crippen molar-refractivity contribution in [1.82, 2.24) is 5.32 Å². The predicted octanol–water partition coefficient (Wildman–Crippen LogP) is 3.94. The van der Waals surface area contributed by atoms with Crippen LogP contribution in [0.3, 0.4) is 0 Å². The van der Waals surface area contributed by atoms with Crippen molar-refractivity contribution in [1.29, 1.82) is 0 Å². The molecule has 1 atom stereocenters. The van der Waals surface area contributed by atoms with Gasteiger partial charge in [-0.1, -0.05) is 48.5 Å². The summed E-state index contributed by atoms with van der Waals surface area (Å²) in [6.07, 6.45) is 0.249. The number of methoxy groups -OCH3 is 2. The van der Waals surface area contributed by atoms with Crippen LogP contribution < -0.4 is 19.5 Å². The van der Waals surface area contributed by atoms with Gasteiger partial charge in [0.2, 0.25) is 0 Å². The van der Waals surface area contributed by atoms with E-state index in [1.54, 1.807) is 14.2 Å². The summed E-state index contributed by atoms with van der Waals surface area (Å²) in [4.78, 5) is 0. The Labute approximate surface area is 178 Å². The fraction of sp³-hybridized carbons (Fsp3) is 0.280. The lowest BCUT2D eigenvalue weighted by Gasteiger charge is -2.14. The Morgan fingerprint density at radius 2 is 1.53 bits per heavy atom. The fourth-order valence-electron chi connectivity index (χ4n) is 3.16. The van der Waals surface area contributed by atoms with E-state index < -0.39 is 6.10 Å². The van der Waals surface area contributed by atoms with Crippen LogP contribution in [0.25, 0.3) is 11.1 Å². The van der Waals surface area contributed by atoms with Gasteiger partial charge in [-0.2, -0.15) is 0 Å². The van der Waals surface area contributed by atoms with Gasteiger partial charge in [0.1, 0.15) is 18.5 Å². The maximum Gasteiger partial charge on any atom is 0.160 e. The van der Waals surface area contributed by atoms with Crippen LogP contribution in [0, 0.1) is 0 Å². The SMILES string of the molecule is COc1ccc(CCNCC(O)COc2ccc(-c3ccccc3)cc2)cc1OC. The number of aliphatic hydroxyl groups excluding tert-OH is 1. The van der Waals surface area contributed by atoms with Gasteiger partial charge in [0, 0.05) is 6.54 Å². The van der Waals surface area contributed by atoms with Gasteiger partial charge in [0.15, 0.2) is 11.5 Å². The minimum absolute atomic E-state index is 0.244. The second-order valence-corrected chi connectivity index (χ2v) is 7.00. The number of hydrogen-bond acceptors (Lipinski definition) is 5. The zero-order chi connectivity index (χ0) is 21.2. The van der Waals surface area contributed by atoms with E-state index in [1.807, 2.05) is 60.7 Å². The third kappa shape index (κ3) is 6.24. The van der Waals surface area contributed by atoms with E-state index in [0.29, 0.717) is 6.54 Å². The van der Waals surface area contributed by atoms with Crippen LogP contribution in [0.2, 0.25) is 0 Å². The van der Waals surface area contributed by atoms with Crippen molar-refractivity contribution in [2.24, 2.45) is 0 Å². The standard InChI is InChI=1S/C25H29NO4/c1-28-24-13-8-19(16-25(24)29-2)14-15-26-17-22(27)18-30-23-11-9-21(10-12-23)20-6-4-3-5-7-20/h3-13,16,22,26-27H,14-15,17-18H2,1-2H3. The van der Waals surface area contributed by atoms with Gasteiger partial charge in [0.05, 0.1) is 14.2 Å². The maximum atomic E-state index is 10.2. The highest BCUT2D eigenvalue weighted by Crippen LogP contribution is 2.27. The van der Waals surface area contributed by atoms with Crippen molar-refractivity contribution < 1.29 is 19.3 Å². The molecule has 0 spiro atoms. The Kier molecular flexibility index (Phi) is 8.12. The van der Waals surface area contributed by atoms with Crippen LogP contribution >= 0.6 is 0 Å². The maximum absolute atomic E-state index is 10.2. The van der Waals surface area contributed by atoms with Crippen molar-refractivity contribution in [2.45, 2.75) is 12.5 Å². The van der Waals surface area contributed by atoms with Crippen molar-refractivity contribution >= 4 is 0 Å². The zero-order valence-corrected chi connectivity index (χ0v) is 17.5. The van der Waals surface area contributed by atoms with E-state index in [-0.39, 0.29) is 6.61 Å². The molecular weight excluding hydrogens is 378 g/mol. The number of benzene rings is 3. The summed E-state index contributed by atoms with van der Waals surface area (Å²) in [6, 6.07) is 24.0. The zero-order valence-electron chi connectivity index (χ0n) is 17.5. The van der Waals surface area contributed by atoms with E-state index in [2.05, 4.69) is 17.4 Å². The topological polar surface area (TPSA) is 60.0 Å². The molecule has 5 heteroatoms. The van der Waals surface area contributed by atoms with E-state index in [4.69, 9.17) is 14.2 Å². The Hall–Kier alpha value is -3.02. The normalized spacial score (nSPS) is 11.7. The molecule has 0 saturated heterocycles. The summed E-state index contributed by atoms with van der Waals surface area (Å²) in [7, 11) is 3.26. The fourth-order valence-corrected chi connectivity index (χ4v) is 3.16. The first-order valence-electron chi connectivity index (χ1n) is 10.1. The molecule has 0 saturated carbocycles. The van der Waals surface area contributed by atoms with E-state index in [9.17, 15) is 5.11 Å². The van der Waals surface area contributed by atoms with Crippen LogP contribution in [0.1, 0.15) is 5.56 Å². The molecule has 30 heavy (non-hydrogen) atoms. The second-order valence-electron chi connectivity index (χ2n) is 7.00. The molecule has 3 aromatic rings. The van der Waals surface area contributed by atoms with Gasteiger partial charge in [-0.15, -0.1) is 0 Å². The number of nitrogens with one attached hydrogen (secondary N) is 1. The molecule has 0 aliphatic carbocycles. The molecule has 0 heterocycles. The first kappa shape index (κ1) is 21.7. The highest BCUT2D eigenvalue weighted by Gasteiger charge is 2.07. The molecule has 5 nitrogen and oxygen atoms in total. The molecular formula is C25H29NO4. The minimum Gasteiger partial charge on any atom is -0.493 e. The van der Waals surface area contributed by atoms with Crippen LogP contribution in [0.5, 0.6) is 17.2 Å². The summed E-state index contributed by atoms with van der Waals surface area (Å²) in [5.74, 6) is 2.19. The Morgan fingerprint density at radius 1 is 0.833 bits per heavy atom. The van der Waals surface area contributed by atoms with Gasteiger partial charge >= 0.3 is 0 Å². The van der Waals surface area contributed by atoms with E-state index >= 15 is 0 Å². The quantitative estimate of drug-likeness (QED) is 0.472. The van der Waals surface area contributed by atoms with Crippen molar-refractivity contribution in [3.63, 3.8) is 0 Å². The summed E-state index contributed by atoms with van der Waals surface area (Å²) >= 11 is 0. The van der Waals surface area contributed by atoms with Gasteiger partial charge in [-0.3, -0.25) is 0 Å². The van der Waals surface area contributed by atoms with Crippen molar-refractivity contribution in [3.05, 3.63) is 78.4 Å². The molecule has 3 rings (SSSR count). The molecule has 158 valence electrons. The van der Waals surface area contributed by atoms with Crippen LogP contribution in [0.15, 0.2) is 72.8 Å². The molecule has 0 fully saturated rings. The first-order chi connectivity index (χ1) is 14.7. The minimum atomic E-state index is -0.579. The molecule has 0 aliphatic rings. The first-order valence-corrected chi connectivity index (χ1v) is 10.1. The average molecular weight is 408 g/mol. The van der Waals surface area contributed by atoms with Crippen LogP contribution in [-0.2, 0) is 6.42 Å². The highest BCUT2D eigenvalue weighted by atomic mass is 16.5. The Balaban J connectivity index is 1.37. The Bertz CT molecular complexity index is 897. The lowest BCUT2D eigenvalue weighted by molar-refractivity contribution is 0.106. The predicted molar refractivity (Wildman–Crippen MR) is 119 cm³/mol. The van der Waals surface area contributed by atoms with Crippen LogP contribution in [-0.4, -0.2) is 45.1 Å². The number of aliphatic hydroxyl groups is 1. The number of ether oxygens (including phenoxy) is 3. The van der Waals surface area contributed by atoms with Crippen LogP contribution in [0.4, 0.5) is 0 Å². The van der Waals surface area contributed by atoms with Gasteiger partial charge in [0.25, 0.3) is 0 Å². The molecule has 2 N–H and O–H groups in total. The van der Waals surface area contributed by atoms with E-state index in [0.717, 1.165) is 41.3 Å². The lowest BCUT2D eigenvalue weighted by Crippen LogP contribution is -2.32. The Morgan fingerprint density at radius 3 is 2.23 bits per heavy atom. The molecule has 1 unspecified atom stereocenters. The highest BCUT2D eigenvalue weighted by molar-refractivity contribution is 5.63. The van der Waals surface area contributed by atoms with Gasteiger partial charge in [-0.25, -0.2) is 0 Å².